The number of nitrogens with zero attached hydrogens (tertiary/aromatic N) is 1. The van der Waals surface area contributed by atoms with Gasteiger partial charge in [0.15, 0.2) is 0 Å². The van der Waals surface area contributed by atoms with E-state index in [0.29, 0.717) is 14.7 Å². The number of hydrogen-bond acceptors (Lipinski definition) is 5. The number of nitrogens with two attached hydrogens (primary N) is 1. The molecule has 0 spiro atoms. The number of sulfonamides is 1. The minimum absolute atomic E-state index is 0.0818. The fourth-order valence-corrected chi connectivity index (χ4v) is 4.21. The lowest BCUT2D eigenvalue weighted by atomic mass is 9.98. The third-order valence-electron chi connectivity index (χ3n) is 2.39. The van der Waals surface area contributed by atoms with E-state index < -0.39 is 20.4 Å². The summed E-state index contributed by atoms with van der Waals surface area (Å²) in [5.74, 6) is 0.130. The van der Waals surface area contributed by atoms with Gasteiger partial charge in [0, 0.05) is 17.5 Å². The molecule has 0 fully saturated rings. The molecule has 0 heterocycles. The first-order valence-corrected chi connectivity index (χ1v) is 8.98. The van der Waals surface area contributed by atoms with Crippen LogP contribution in [0.25, 0.3) is 0 Å². The van der Waals surface area contributed by atoms with Crippen LogP contribution in [0.4, 0.5) is 5.69 Å². The molecule has 0 atom stereocenters. The first kappa shape index (κ1) is 18.3. The molecule has 0 unspecified atom stereocenters. The van der Waals surface area contributed by atoms with E-state index in [1.807, 2.05) is 0 Å². The third-order valence-corrected chi connectivity index (χ3v) is 4.75. The van der Waals surface area contributed by atoms with E-state index in [4.69, 9.17) is 9.88 Å². The normalized spacial score (nSPS) is 12.2. The summed E-state index contributed by atoms with van der Waals surface area (Å²) in [4.78, 5) is 10.2. The van der Waals surface area contributed by atoms with Crippen molar-refractivity contribution in [1.82, 2.24) is 0 Å². The highest BCUT2D eigenvalue weighted by Crippen LogP contribution is 2.38. The first-order chi connectivity index (χ1) is 9.41. The van der Waals surface area contributed by atoms with Crippen LogP contribution in [-0.2, 0) is 10.0 Å². The monoisotopic (exact) mass is 444 g/mol. The second kappa shape index (κ2) is 6.59. The predicted octanol–water partition coefficient (Wildman–Crippen LogP) is 2.81. The van der Waals surface area contributed by atoms with Crippen molar-refractivity contribution in [3.63, 3.8) is 0 Å². The lowest BCUT2D eigenvalue weighted by Crippen LogP contribution is -2.33. The molecule has 0 saturated carbocycles. The predicted molar refractivity (Wildman–Crippen MR) is 85.7 cm³/mol. The molecule has 0 aliphatic heterocycles. The van der Waals surface area contributed by atoms with E-state index in [1.54, 1.807) is 13.8 Å². The van der Waals surface area contributed by atoms with Gasteiger partial charge in [-0.15, -0.1) is 0 Å². The molecule has 0 bridgehead atoms. The molecule has 0 saturated heterocycles. The molecule has 0 radical (unpaired) electrons. The zero-order valence-electron chi connectivity index (χ0n) is 11.3. The van der Waals surface area contributed by atoms with Crippen molar-refractivity contribution in [1.29, 1.82) is 0 Å². The molecule has 21 heavy (non-hydrogen) atoms. The fourth-order valence-electron chi connectivity index (χ4n) is 1.64. The Morgan fingerprint density at radius 2 is 1.81 bits per heavy atom. The Hall–Kier alpha value is -0.710. The summed E-state index contributed by atoms with van der Waals surface area (Å²) in [7, 11) is -3.62. The average molecular weight is 446 g/mol. The zero-order chi connectivity index (χ0) is 16.4. The van der Waals surface area contributed by atoms with Crippen molar-refractivity contribution < 1.29 is 18.1 Å². The molecule has 0 aromatic heterocycles. The van der Waals surface area contributed by atoms with Gasteiger partial charge in [0.2, 0.25) is 10.0 Å². The van der Waals surface area contributed by atoms with Crippen molar-refractivity contribution in [2.75, 3.05) is 12.4 Å². The highest BCUT2D eigenvalue weighted by Gasteiger charge is 2.26. The molecule has 1 aromatic rings. The van der Waals surface area contributed by atoms with E-state index in [1.165, 1.54) is 12.1 Å². The topological polar surface area (TPSA) is 113 Å². The molecule has 0 aliphatic carbocycles. The molecule has 2 N–H and O–H groups in total. The molecule has 0 aliphatic rings. The van der Waals surface area contributed by atoms with Gasteiger partial charge in [-0.25, -0.2) is 13.6 Å². The van der Waals surface area contributed by atoms with Gasteiger partial charge in [0.1, 0.15) is 5.75 Å². The number of primary sulfonamides is 1. The van der Waals surface area contributed by atoms with Crippen LogP contribution >= 0.6 is 31.9 Å². The zero-order valence-corrected chi connectivity index (χ0v) is 15.3. The SMILES string of the molecule is CC(C)(COc1c(Br)cc([N+](=O)[O-])cc1Br)CS(N)(=O)=O. The lowest BCUT2D eigenvalue weighted by Gasteiger charge is -2.24. The van der Waals surface area contributed by atoms with Crippen molar-refractivity contribution in [2.24, 2.45) is 10.6 Å². The standard InChI is InChI=1S/C11H14Br2N2O5S/c1-11(2,6-21(14,18)19)5-20-10-8(12)3-7(15(16)17)4-9(10)13/h3-4H,5-6H2,1-2H3,(H2,14,18,19). The number of rotatable bonds is 6. The second-order valence-corrected chi connectivity index (χ2v) is 8.58. The van der Waals surface area contributed by atoms with Crippen molar-refractivity contribution in [2.45, 2.75) is 13.8 Å². The van der Waals surface area contributed by atoms with Crippen LogP contribution < -0.4 is 9.88 Å². The second-order valence-electron chi connectivity index (χ2n) is 5.26. The maximum Gasteiger partial charge on any atom is 0.271 e. The molecule has 118 valence electrons. The van der Waals surface area contributed by atoms with Gasteiger partial charge >= 0.3 is 0 Å². The molecule has 7 nitrogen and oxygen atoms in total. The minimum Gasteiger partial charge on any atom is -0.491 e. The third kappa shape index (κ3) is 5.89. The highest BCUT2D eigenvalue weighted by atomic mass is 79.9. The number of hydrogen-bond donors (Lipinski definition) is 1. The van der Waals surface area contributed by atoms with Gasteiger partial charge in [-0.1, -0.05) is 13.8 Å². The fraction of sp³-hybridized carbons (Fsp3) is 0.455. The van der Waals surface area contributed by atoms with Crippen molar-refractivity contribution >= 4 is 47.6 Å². The molecule has 1 rings (SSSR count). The van der Waals surface area contributed by atoms with Crippen LogP contribution in [0, 0.1) is 15.5 Å². The van der Waals surface area contributed by atoms with Gasteiger partial charge < -0.3 is 4.74 Å². The van der Waals surface area contributed by atoms with Crippen LogP contribution in [0.3, 0.4) is 0 Å². The van der Waals surface area contributed by atoms with Crippen LogP contribution in [0.2, 0.25) is 0 Å². The van der Waals surface area contributed by atoms with E-state index >= 15 is 0 Å². The van der Waals surface area contributed by atoms with Crippen molar-refractivity contribution in [3.8, 4) is 5.75 Å². The number of ether oxygens (including phenoxy) is 1. The van der Waals surface area contributed by atoms with Gasteiger partial charge in [-0.05, 0) is 31.9 Å². The van der Waals surface area contributed by atoms with E-state index in [2.05, 4.69) is 31.9 Å². The van der Waals surface area contributed by atoms with Gasteiger partial charge in [0.05, 0.1) is 26.2 Å². The molecular formula is C11H14Br2N2O5S. The average Bonchev–Trinajstić information content (AvgIpc) is 2.23. The summed E-state index contributed by atoms with van der Waals surface area (Å²) < 4.78 is 28.7. The van der Waals surface area contributed by atoms with Crippen LogP contribution in [0.1, 0.15) is 13.8 Å². The van der Waals surface area contributed by atoms with Gasteiger partial charge in [0.25, 0.3) is 5.69 Å². The Labute approximate surface area is 139 Å². The Kier molecular flexibility index (Phi) is 5.76. The number of benzene rings is 1. The van der Waals surface area contributed by atoms with Gasteiger partial charge in [-0.2, -0.15) is 0 Å². The summed E-state index contributed by atoms with van der Waals surface area (Å²) in [5.41, 5.74) is -0.793. The minimum atomic E-state index is -3.62. The Morgan fingerprint density at radius 3 is 2.19 bits per heavy atom. The summed E-state index contributed by atoms with van der Waals surface area (Å²) in [6, 6.07) is 2.62. The van der Waals surface area contributed by atoms with Crippen LogP contribution in [0.15, 0.2) is 21.1 Å². The Balaban J connectivity index is 2.92. The molecule has 10 heteroatoms. The largest absolute Gasteiger partial charge is 0.491 e. The smallest absolute Gasteiger partial charge is 0.271 e. The van der Waals surface area contributed by atoms with Crippen LogP contribution in [0.5, 0.6) is 5.75 Å². The maximum absolute atomic E-state index is 11.1. The highest BCUT2D eigenvalue weighted by molar-refractivity contribution is 9.11. The first-order valence-electron chi connectivity index (χ1n) is 5.68. The maximum atomic E-state index is 11.1. The Morgan fingerprint density at radius 1 is 1.33 bits per heavy atom. The van der Waals surface area contributed by atoms with E-state index in [0.717, 1.165) is 0 Å². The molecular weight excluding hydrogens is 432 g/mol. The number of non-ortho nitro benzene ring substituents is 1. The number of nitro benzene ring substituents is 1. The lowest BCUT2D eigenvalue weighted by molar-refractivity contribution is -0.385. The van der Waals surface area contributed by atoms with Gasteiger partial charge in [-0.3, -0.25) is 10.1 Å². The van der Waals surface area contributed by atoms with E-state index in [9.17, 15) is 18.5 Å². The Bertz CT molecular complexity index is 638. The molecule has 1 aromatic carbocycles. The van der Waals surface area contributed by atoms with Crippen LogP contribution in [-0.4, -0.2) is 25.7 Å². The number of halogens is 2. The summed E-state index contributed by atoms with van der Waals surface area (Å²) >= 11 is 6.39. The quantitative estimate of drug-likeness (QED) is 0.534. The summed E-state index contributed by atoms with van der Waals surface area (Å²) in [6.45, 7) is 3.48. The molecule has 0 amide bonds. The number of nitro groups is 1. The summed E-state index contributed by atoms with van der Waals surface area (Å²) in [6.07, 6.45) is 0. The van der Waals surface area contributed by atoms with E-state index in [-0.39, 0.29) is 18.0 Å². The van der Waals surface area contributed by atoms with Crippen molar-refractivity contribution in [3.05, 3.63) is 31.2 Å². The summed E-state index contributed by atoms with van der Waals surface area (Å²) in [5, 5.41) is 15.8.